The first kappa shape index (κ1) is 25.3. The van der Waals surface area contributed by atoms with E-state index in [-0.39, 0.29) is 21.5 Å². The molecule has 0 aliphatic carbocycles. The van der Waals surface area contributed by atoms with Gasteiger partial charge in [0.05, 0.1) is 39.9 Å². The summed E-state index contributed by atoms with van der Waals surface area (Å²) in [6.45, 7) is 0. The zero-order chi connectivity index (χ0) is 26.5. The van der Waals surface area contributed by atoms with Gasteiger partial charge in [0.2, 0.25) is 0 Å². The smallest absolute Gasteiger partial charge is 0.294 e. The topological polar surface area (TPSA) is 81.9 Å². The number of Topliss-reactive ketones (excluding diaryl/α,β-unsaturated/α-hetero) is 1. The normalized spacial score (nSPS) is 12.8. The number of hydrogen-bond acceptors (Lipinski definition) is 5. The van der Waals surface area contributed by atoms with Gasteiger partial charge in [0.25, 0.3) is 10.0 Å². The average molecular weight is 531 g/mol. The number of halogens is 7. The first-order chi connectivity index (χ1) is 16.7. The first-order valence-corrected chi connectivity index (χ1v) is 11.3. The fraction of sp³-hybridized carbons (Fsp3) is 0.136. The number of alkyl halides is 6. The lowest BCUT2D eigenvalue weighted by molar-refractivity contribution is -0.143. The molecule has 14 heteroatoms. The molecule has 0 unspecified atom stereocenters. The third-order valence-electron chi connectivity index (χ3n) is 5.11. The van der Waals surface area contributed by atoms with Crippen molar-refractivity contribution in [2.24, 2.45) is 0 Å². The fourth-order valence-corrected chi connectivity index (χ4v) is 4.78. The Morgan fingerprint density at radius 3 is 2.03 bits per heavy atom. The molecule has 2 aromatic carbocycles. The number of fused-ring (bicyclic) bond motifs is 1. The lowest BCUT2D eigenvalue weighted by Crippen LogP contribution is -2.21. The lowest BCUT2D eigenvalue weighted by atomic mass is 9.94. The largest absolute Gasteiger partial charge is 0.417 e. The van der Waals surface area contributed by atoms with Gasteiger partial charge in [-0.15, -0.1) is 0 Å². The summed E-state index contributed by atoms with van der Waals surface area (Å²) in [7, 11) is -4.36. The molecule has 2 aromatic heterocycles. The molecule has 0 fully saturated rings. The second-order valence-electron chi connectivity index (χ2n) is 7.50. The highest BCUT2D eigenvalue weighted by Gasteiger charge is 2.42. The van der Waals surface area contributed by atoms with E-state index >= 15 is 0 Å². The van der Waals surface area contributed by atoms with Crippen LogP contribution in [0.3, 0.4) is 0 Å². The minimum atomic E-state index is -5.24. The molecule has 0 aliphatic rings. The van der Waals surface area contributed by atoms with E-state index in [0.717, 1.165) is 42.7 Å². The molecule has 0 atom stereocenters. The zero-order valence-electron chi connectivity index (χ0n) is 17.6. The van der Waals surface area contributed by atoms with Crippen LogP contribution < -0.4 is 0 Å². The summed E-state index contributed by atoms with van der Waals surface area (Å²) in [6.07, 6.45) is -9.30. The summed E-state index contributed by atoms with van der Waals surface area (Å²) in [5.41, 5.74) is -5.52. The Morgan fingerprint density at radius 2 is 1.47 bits per heavy atom. The van der Waals surface area contributed by atoms with Crippen molar-refractivity contribution < 1.29 is 43.9 Å². The van der Waals surface area contributed by atoms with Gasteiger partial charge in [-0.1, -0.05) is 6.07 Å². The summed E-state index contributed by atoms with van der Waals surface area (Å²) >= 11 is 0. The van der Waals surface area contributed by atoms with Crippen molar-refractivity contribution in [2.75, 3.05) is 0 Å². The van der Waals surface area contributed by atoms with Crippen LogP contribution in [-0.2, 0) is 28.8 Å². The summed E-state index contributed by atoms with van der Waals surface area (Å²) in [5.74, 6) is -2.21. The average Bonchev–Trinajstić information content (AvgIpc) is 3.22. The molecule has 6 nitrogen and oxygen atoms in total. The maximum absolute atomic E-state index is 13.4. The number of nitrogens with zero attached hydrogens (tertiary/aromatic N) is 3. The van der Waals surface area contributed by atoms with Crippen LogP contribution in [0.2, 0.25) is 0 Å². The predicted octanol–water partition coefficient (Wildman–Crippen LogP) is 5.27. The second-order valence-corrected chi connectivity index (χ2v) is 9.27. The monoisotopic (exact) mass is 531 g/mol. The van der Waals surface area contributed by atoms with E-state index < -0.39 is 57.1 Å². The molecule has 4 aromatic rings. The molecule has 0 N–H and O–H groups in total. The van der Waals surface area contributed by atoms with Crippen molar-refractivity contribution in [3.8, 4) is 0 Å². The number of carbonyl (C=O) groups is 1. The van der Waals surface area contributed by atoms with Crippen LogP contribution in [-0.4, -0.2) is 28.4 Å². The zero-order valence-corrected chi connectivity index (χ0v) is 18.4. The Morgan fingerprint density at radius 1 is 0.889 bits per heavy atom. The van der Waals surface area contributed by atoms with Gasteiger partial charge in [0, 0.05) is 17.1 Å². The molecule has 188 valence electrons. The van der Waals surface area contributed by atoms with Gasteiger partial charge < -0.3 is 0 Å². The number of benzene rings is 2. The van der Waals surface area contributed by atoms with E-state index in [1.54, 1.807) is 0 Å². The molecule has 0 bridgehead atoms. The quantitative estimate of drug-likeness (QED) is 0.259. The molecule has 0 aliphatic heterocycles. The van der Waals surface area contributed by atoms with E-state index in [4.69, 9.17) is 0 Å². The number of rotatable bonds is 5. The van der Waals surface area contributed by atoms with Crippen LogP contribution in [0.5, 0.6) is 0 Å². The van der Waals surface area contributed by atoms with E-state index in [0.29, 0.717) is 22.3 Å². The van der Waals surface area contributed by atoms with Crippen LogP contribution in [0.25, 0.3) is 10.9 Å². The van der Waals surface area contributed by atoms with Gasteiger partial charge in [-0.2, -0.15) is 43.9 Å². The predicted molar refractivity (Wildman–Crippen MR) is 111 cm³/mol. The highest BCUT2D eigenvalue weighted by atomic mass is 32.2. The number of carbonyl (C=O) groups excluding carboxylic acids is 1. The lowest BCUT2D eigenvalue weighted by Gasteiger charge is -2.17. The Hall–Kier alpha value is -3.81. The fourth-order valence-electron chi connectivity index (χ4n) is 3.51. The SMILES string of the molecule is O=C(Cc1cc2c(cn1)cnn2S(=O)(=O)c1ccc(F)cc1)c1c(C(F)(F)F)cccc1C(F)(F)F. The third-order valence-corrected chi connectivity index (χ3v) is 6.73. The van der Waals surface area contributed by atoms with Crippen LogP contribution in [0.1, 0.15) is 27.2 Å². The van der Waals surface area contributed by atoms with Gasteiger partial charge in [0.15, 0.2) is 5.78 Å². The highest BCUT2D eigenvalue weighted by Crippen LogP contribution is 2.40. The van der Waals surface area contributed by atoms with Crippen LogP contribution in [0.15, 0.2) is 65.8 Å². The number of aromatic nitrogens is 3. The number of hydrogen-bond donors (Lipinski definition) is 0. The molecule has 0 saturated carbocycles. The van der Waals surface area contributed by atoms with Gasteiger partial charge in [0.1, 0.15) is 5.82 Å². The van der Waals surface area contributed by atoms with Crippen LogP contribution in [0.4, 0.5) is 30.7 Å². The van der Waals surface area contributed by atoms with Crippen LogP contribution >= 0.6 is 0 Å². The Bertz CT molecular complexity index is 1540. The molecular formula is C22H12F7N3O3S. The molecule has 2 heterocycles. The van der Waals surface area contributed by atoms with Crippen LogP contribution in [0, 0.1) is 5.82 Å². The van der Waals surface area contributed by atoms with Crippen molar-refractivity contribution in [1.82, 2.24) is 14.2 Å². The molecule has 0 saturated heterocycles. The standard InChI is InChI=1S/C22H12F7N3O3S/c23-13-4-6-15(7-5-13)36(34,35)32-18-8-14(30-10-12(18)11-31-32)9-19(33)20-16(21(24,25)26)2-1-3-17(20)22(27,28)29/h1-8,10-11H,9H2. The Kier molecular flexibility index (Phi) is 6.11. The summed E-state index contributed by atoms with van der Waals surface area (Å²) in [5, 5.41) is 3.91. The van der Waals surface area contributed by atoms with E-state index in [2.05, 4.69) is 10.1 Å². The minimum Gasteiger partial charge on any atom is -0.294 e. The Balaban J connectivity index is 1.78. The van der Waals surface area contributed by atoms with Gasteiger partial charge >= 0.3 is 12.4 Å². The van der Waals surface area contributed by atoms with Crippen molar-refractivity contribution in [2.45, 2.75) is 23.7 Å². The van der Waals surface area contributed by atoms with Crippen molar-refractivity contribution in [3.63, 3.8) is 0 Å². The molecule has 4 rings (SSSR count). The minimum absolute atomic E-state index is 0.141. The van der Waals surface area contributed by atoms with E-state index in [1.165, 1.54) is 0 Å². The first-order valence-electron chi connectivity index (χ1n) is 9.84. The summed E-state index contributed by atoms with van der Waals surface area (Å²) in [6, 6.07) is 6.07. The summed E-state index contributed by atoms with van der Waals surface area (Å²) in [4.78, 5) is 16.3. The van der Waals surface area contributed by atoms with Crippen molar-refractivity contribution in [1.29, 1.82) is 0 Å². The van der Waals surface area contributed by atoms with Gasteiger partial charge in [-0.3, -0.25) is 9.78 Å². The van der Waals surface area contributed by atoms with Crippen molar-refractivity contribution >= 4 is 26.7 Å². The molecule has 0 spiro atoms. The molecular weight excluding hydrogens is 519 g/mol. The Labute approximate surface area is 198 Å². The maximum atomic E-state index is 13.4. The number of pyridine rings is 1. The van der Waals surface area contributed by atoms with Gasteiger partial charge in [-0.05, 0) is 42.5 Å². The van der Waals surface area contributed by atoms with E-state index in [9.17, 15) is 43.9 Å². The van der Waals surface area contributed by atoms with Crippen molar-refractivity contribution in [3.05, 3.63) is 89.1 Å². The van der Waals surface area contributed by atoms with E-state index in [1.807, 2.05) is 0 Å². The summed E-state index contributed by atoms with van der Waals surface area (Å²) < 4.78 is 120. The second kappa shape index (κ2) is 8.69. The molecule has 0 radical (unpaired) electrons. The highest BCUT2D eigenvalue weighted by molar-refractivity contribution is 7.90. The number of ketones is 1. The molecule has 0 amide bonds. The van der Waals surface area contributed by atoms with Gasteiger partial charge in [-0.25, -0.2) is 4.39 Å². The third kappa shape index (κ3) is 4.67. The molecule has 36 heavy (non-hydrogen) atoms. The maximum Gasteiger partial charge on any atom is 0.417 e.